The van der Waals surface area contributed by atoms with Gasteiger partial charge >= 0.3 is 5.97 Å². The Kier molecular flexibility index (Phi) is 6.24. The SMILES string of the molecule is O=C(CCCOc1ccc(F)cc1)OCc1cccc([N+](=O)[O-])c1. The quantitative estimate of drug-likeness (QED) is 0.319. The molecule has 126 valence electrons. The van der Waals surface area contributed by atoms with Crippen molar-refractivity contribution in [2.75, 3.05) is 6.61 Å². The van der Waals surface area contributed by atoms with Crippen molar-refractivity contribution in [2.45, 2.75) is 19.4 Å². The van der Waals surface area contributed by atoms with E-state index in [2.05, 4.69) is 0 Å². The number of non-ortho nitro benzene ring substituents is 1. The number of nitro benzene ring substituents is 1. The number of hydrogen-bond donors (Lipinski definition) is 0. The van der Waals surface area contributed by atoms with Gasteiger partial charge in [0.1, 0.15) is 18.2 Å². The Balaban J connectivity index is 1.67. The number of benzene rings is 2. The van der Waals surface area contributed by atoms with Crippen molar-refractivity contribution >= 4 is 11.7 Å². The number of carbonyl (C=O) groups excluding carboxylic acids is 1. The molecule has 6 nitrogen and oxygen atoms in total. The maximum absolute atomic E-state index is 12.7. The minimum atomic E-state index is -0.502. The van der Waals surface area contributed by atoms with Gasteiger partial charge in [0, 0.05) is 18.6 Å². The van der Waals surface area contributed by atoms with Gasteiger partial charge in [0.15, 0.2) is 0 Å². The molecule has 24 heavy (non-hydrogen) atoms. The lowest BCUT2D eigenvalue weighted by atomic mass is 10.2. The molecule has 0 heterocycles. The van der Waals surface area contributed by atoms with Crippen molar-refractivity contribution < 1.29 is 23.6 Å². The van der Waals surface area contributed by atoms with E-state index in [0.717, 1.165) is 0 Å². The van der Waals surface area contributed by atoms with Crippen molar-refractivity contribution in [1.29, 1.82) is 0 Å². The molecule has 7 heteroatoms. The van der Waals surface area contributed by atoms with Crippen molar-refractivity contribution in [3.8, 4) is 5.75 Å². The van der Waals surface area contributed by atoms with Crippen LogP contribution in [-0.4, -0.2) is 17.5 Å². The molecule has 2 aromatic carbocycles. The second-order valence-electron chi connectivity index (χ2n) is 4.99. The molecular weight excluding hydrogens is 317 g/mol. The summed E-state index contributed by atoms with van der Waals surface area (Å²) in [4.78, 5) is 21.8. The third kappa shape index (κ3) is 5.68. The Labute approximate surface area is 138 Å². The second-order valence-corrected chi connectivity index (χ2v) is 4.99. The number of nitro groups is 1. The summed E-state index contributed by atoms with van der Waals surface area (Å²) in [6.07, 6.45) is 0.612. The highest BCUT2D eigenvalue weighted by Crippen LogP contribution is 2.14. The van der Waals surface area contributed by atoms with Crippen LogP contribution in [0, 0.1) is 15.9 Å². The zero-order valence-electron chi connectivity index (χ0n) is 12.8. The van der Waals surface area contributed by atoms with Crippen molar-refractivity contribution in [3.05, 3.63) is 70.0 Å². The molecule has 0 aliphatic heterocycles. The fourth-order valence-corrected chi connectivity index (χ4v) is 1.93. The topological polar surface area (TPSA) is 78.7 Å². The number of ether oxygens (including phenoxy) is 2. The van der Waals surface area contributed by atoms with E-state index in [1.165, 1.54) is 42.5 Å². The maximum Gasteiger partial charge on any atom is 0.306 e. The average Bonchev–Trinajstić information content (AvgIpc) is 2.58. The Bertz CT molecular complexity index is 702. The predicted octanol–water partition coefficient (Wildman–Crippen LogP) is 3.64. The summed E-state index contributed by atoms with van der Waals surface area (Å²) < 4.78 is 23.2. The van der Waals surface area contributed by atoms with E-state index >= 15 is 0 Å². The Hall–Kier alpha value is -2.96. The molecular formula is C17H16FNO5. The van der Waals surface area contributed by atoms with Crippen molar-refractivity contribution in [1.82, 2.24) is 0 Å². The van der Waals surface area contributed by atoms with Gasteiger partial charge in [0.05, 0.1) is 11.5 Å². The molecule has 0 amide bonds. The molecule has 0 N–H and O–H groups in total. The lowest BCUT2D eigenvalue weighted by Crippen LogP contribution is -2.07. The van der Waals surface area contributed by atoms with Gasteiger partial charge in [-0.15, -0.1) is 0 Å². The van der Waals surface area contributed by atoms with Gasteiger partial charge in [-0.25, -0.2) is 4.39 Å². The van der Waals surface area contributed by atoms with Gasteiger partial charge in [-0.1, -0.05) is 12.1 Å². The normalized spacial score (nSPS) is 10.2. The first-order chi connectivity index (χ1) is 11.5. The fourth-order valence-electron chi connectivity index (χ4n) is 1.93. The number of halogens is 1. The van der Waals surface area contributed by atoms with E-state index in [1.807, 2.05) is 0 Å². The summed E-state index contributed by atoms with van der Waals surface area (Å²) in [5, 5.41) is 10.7. The molecule has 2 rings (SSSR count). The zero-order chi connectivity index (χ0) is 17.4. The smallest absolute Gasteiger partial charge is 0.306 e. The molecule has 2 aromatic rings. The lowest BCUT2D eigenvalue weighted by Gasteiger charge is -2.07. The highest BCUT2D eigenvalue weighted by Gasteiger charge is 2.08. The lowest BCUT2D eigenvalue weighted by molar-refractivity contribution is -0.384. The number of nitrogens with zero attached hydrogens (tertiary/aromatic N) is 1. The zero-order valence-corrected chi connectivity index (χ0v) is 12.8. The molecule has 0 aliphatic carbocycles. The van der Waals surface area contributed by atoms with Crippen molar-refractivity contribution in [2.24, 2.45) is 0 Å². The number of esters is 1. The highest BCUT2D eigenvalue weighted by molar-refractivity contribution is 5.69. The Morgan fingerprint density at radius 1 is 1.17 bits per heavy atom. The number of rotatable bonds is 8. The van der Waals surface area contributed by atoms with Crippen LogP contribution < -0.4 is 4.74 Å². The summed E-state index contributed by atoms with van der Waals surface area (Å²) in [6.45, 7) is 0.289. The highest BCUT2D eigenvalue weighted by atomic mass is 19.1. The van der Waals surface area contributed by atoms with Gasteiger partial charge in [-0.3, -0.25) is 14.9 Å². The summed E-state index contributed by atoms with van der Waals surface area (Å²) in [7, 11) is 0. The minimum Gasteiger partial charge on any atom is -0.494 e. The fraction of sp³-hybridized carbons (Fsp3) is 0.235. The van der Waals surface area contributed by atoms with Crippen LogP contribution in [0.2, 0.25) is 0 Å². The van der Waals surface area contributed by atoms with E-state index in [9.17, 15) is 19.3 Å². The number of carbonyl (C=O) groups is 1. The van der Waals surface area contributed by atoms with Gasteiger partial charge in [0.2, 0.25) is 0 Å². The molecule has 0 aliphatic rings. The molecule has 0 radical (unpaired) electrons. The van der Waals surface area contributed by atoms with E-state index in [-0.39, 0.29) is 24.5 Å². The van der Waals surface area contributed by atoms with Gasteiger partial charge in [0.25, 0.3) is 5.69 Å². The molecule has 0 saturated carbocycles. The van der Waals surface area contributed by atoms with Crippen LogP contribution in [0.3, 0.4) is 0 Å². The van der Waals surface area contributed by atoms with Crippen LogP contribution in [0.5, 0.6) is 5.75 Å². The predicted molar refractivity (Wildman–Crippen MR) is 84.0 cm³/mol. The molecule has 0 unspecified atom stereocenters. The van der Waals surface area contributed by atoms with E-state index < -0.39 is 10.9 Å². The van der Waals surface area contributed by atoms with Gasteiger partial charge < -0.3 is 9.47 Å². The third-order valence-electron chi connectivity index (χ3n) is 3.13. The summed E-state index contributed by atoms with van der Waals surface area (Å²) in [5.74, 6) is -0.224. The standard InChI is InChI=1S/C17H16FNO5/c18-14-6-8-16(9-7-14)23-10-2-5-17(20)24-12-13-3-1-4-15(11-13)19(21)22/h1,3-4,6-9,11H,2,5,10,12H2. The van der Waals surface area contributed by atoms with Crippen LogP contribution in [0.15, 0.2) is 48.5 Å². The molecule has 0 atom stereocenters. The van der Waals surface area contributed by atoms with Crippen LogP contribution >= 0.6 is 0 Å². The largest absolute Gasteiger partial charge is 0.494 e. The Morgan fingerprint density at radius 3 is 2.62 bits per heavy atom. The number of hydrogen-bond acceptors (Lipinski definition) is 5. The van der Waals surface area contributed by atoms with Crippen LogP contribution in [0.4, 0.5) is 10.1 Å². The minimum absolute atomic E-state index is 0.0146. The second kappa shape index (κ2) is 8.61. The molecule has 0 aromatic heterocycles. The summed E-state index contributed by atoms with van der Waals surface area (Å²) >= 11 is 0. The third-order valence-corrected chi connectivity index (χ3v) is 3.13. The van der Waals surface area contributed by atoms with Crippen LogP contribution in [0.25, 0.3) is 0 Å². The summed E-state index contributed by atoms with van der Waals surface area (Å²) in [5.41, 5.74) is 0.511. The van der Waals surface area contributed by atoms with E-state index in [4.69, 9.17) is 9.47 Å². The van der Waals surface area contributed by atoms with Gasteiger partial charge in [-0.05, 0) is 36.2 Å². The molecule has 0 spiro atoms. The van der Waals surface area contributed by atoms with Gasteiger partial charge in [-0.2, -0.15) is 0 Å². The molecule has 0 bridgehead atoms. The molecule has 0 saturated heterocycles. The average molecular weight is 333 g/mol. The molecule has 0 fully saturated rings. The monoisotopic (exact) mass is 333 g/mol. The first-order valence-corrected chi connectivity index (χ1v) is 7.32. The first kappa shape index (κ1) is 17.4. The summed E-state index contributed by atoms with van der Waals surface area (Å²) in [6, 6.07) is 11.5. The Morgan fingerprint density at radius 2 is 1.92 bits per heavy atom. The van der Waals surface area contributed by atoms with Crippen LogP contribution in [0.1, 0.15) is 18.4 Å². The van der Waals surface area contributed by atoms with E-state index in [0.29, 0.717) is 24.3 Å². The van der Waals surface area contributed by atoms with E-state index in [1.54, 1.807) is 6.07 Å². The first-order valence-electron chi connectivity index (χ1n) is 7.32. The van der Waals surface area contributed by atoms with Crippen molar-refractivity contribution in [3.63, 3.8) is 0 Å². The van der Waals surface area contributed by atoms with Crippen LogP contribution in [-0.2, 0) is 16.1 Å². The maximum atomic E-state index is 12.7.